The van der Waals surface area contributed by atoms with Gasteiger partial charge in [-0.15, -0.1) is 0 Å². The lowest BCUT2D eigenvalue weighted by molar-refractivity contribution is 0.0743. The fraction of sp³-hybridized carbons (Fsp3) is 0.462. The number of pyridine rings is 1. The molecule has 94 valence electrons. The Balaban J connectivity index is 2.19. The predicted octanol–water partition coefficient (Wildman–Crippen LogP) is 1.61. The molecule has 0 atom stereocenters. The molecule has 18 heavy (non-hydrogen) atoms. The van der Waals surface area contributed by atoms with Gasteiger partial charge < -0.3 is 9.64 Å². The molecule has 5 nitrogen and oxygen atoms in total. The maximum Gasteiger partial charge on any atom is 0.258 e. The molecule has 2 rings (SSSR count). The SMILES string of the molecule is COc1cnccc1C(=O)N(CCC#N)C1CC1. The molecule has 1 aromatic rings. The van der Waals surface area contributed by atoms with Gasteiger partial charge in [0.05, 0.1) is 31.4 Å². The number of ether oxygens (including phenoxy) is 1. The van der Waals surface area contributed by atoms with Crippen molar-refractivity contribution in [3.05, 3.63) is 24.0 Å². The van der Waals surface area contributed by atoms with Gasteiger partial charge in [-0.3, -0.25) is 9.78 Å². The summed E-state index contributed by atoms with van der Waals surface area (Å²) in [5.74, 6) is 0.400. The van der Waals surface area contributed by atoms with Crippen LogP contribution in [0.2, 0.25) is 0 Å². The van der Waals surface area contributed by atoms with Gasteiger partial charge >= 0.3 is 0 Å². The molecule has 0 aromatic carbocycles. The first kappa shape index (κ1) is 12.4. The Morgan fingerprint density at radius 3 is 3.06 bits per heavy atom. The number of carbonyl (C=O) groups excluding carboxylic acids is 1. The third-order valence-corrected chi connectivity index (χ3v) is 2.95. The van der Waals surface area contributed by atoms with Crippen LogP contribution in [0.25, 0.3) is 0 Å². The van der Waals surface area contributed by atoms with E-state index in [0.717, 1.165) is 12.8 Å². The zero-order valence-corrected chi connectivity index (χ0v) is 10.3. The van der Waals surface area contributed by atoms with Crippen molar-refractivity contribution in [2.75, 3.05) is 13.7 Å². The fourth-order valence-electron chi connectivity index (χ4n) is 1.88. The topological polar surface area (TPSA) is 66.2 Å². The molecule has 1 aliphatic carbocycles. The molecule has 1 heterocycles. The minimum Gasteiger partial charge on any atom is -0.494 e. The molecule has 0 spiro atoms. The smallest absolute Gasteiger partial charge is 0.258 e. The van der Waals surface area contributed by atoms with Crippen LogP contribution >= 0.6 is 0 Å². The summed E-state index contributed by atoms with van der Waals surface area (Å²) in [6, 6.07) is 4.02. The van der Waals surface area contributed by atoms with Crippen LogP contribution in [0.15, 0.2) is 18.5 Å². The Morgan fingerprint density at radius 2 is 2.44 bits per heavy atom. The second-order valence-corrected chi connectivity index (χ2v) is 4.21. The molecular weight excluding hydrogens is 230 g/mol. The maximum atomic E-state index is 12.4. The van der Waals surface area contributed by atoms with E-state index in [0.29, 0.717) is 24.3 Å². The molecule has 1 aromatic heterocycles. The third-order valence-electron chi connectivity index (χ3n) is 2.95. The molecule has 0 aliphatic heterocycles. The van der Waals surface area contributed by atoms with Crippen LogP contribution in [0, 0.1) is 11.3 Å². The van der Waals surface area contributed by atoms with Gasteiger partial charge in [-0.2, -0.15) is 5.26 Å². The number of nitrogens with zero attached hydrogens (tertiary/aromatic N) is 3. The van der Waals surface area contributed by atoms with E-state index in [1.807, 2.05) is 0 Å². The van der Waals surface area contributed by atoms with Crippen LogP contribution in [0.3, 0.4) is 0 Å². The summed E-state index contributed by atoms with van der Waals surface area (Å²) in [7, 11) is 1.52. The number of methoxy groups -OCH3 is 1. The Bertz CT molecular complexity index is 477. The monoisotopic (exact) mass is 245 g/mol. The van der Waals surface area contributed by atoms with Crippen molar-refractivity contribution in [1.82, 2.24) is 9.88 Å². The minimum atomic E-state index is -0.0769. The second kappa shape index (κ2) is 5.50. The summed E-state index contributed by atoms with van der Waals surface area (Å²) in [4.78, 5) is 18.1. The number of hydrogen-bond acceptors (Lipinski definition) is 4. The highest BCUT2D eigenvalue weighted by molar-refractivity contribution is 5.97. The van der Waals surface area contributed by atoms with Gasteiger partial charge in [0.2, 0.25) is 0 Å². The highest BCUT2D eigenvalue weighted by atomic mass is 16.5. The van der Waals surface area contributed by atoms with Crippen molar-refractivity contribution in [3.63, 3.8) is 0 Å². The molecule has 0 unspecified atom stereocenters. The average Bonchev–Trinajstić information content (AvgIpc) is 3.23. The van der Waals surface area contributed by atoms with E-state index in [4.69, 9.17) is 10.00 Å². The lowest BCUT2D eigenvalue weighted by Crippen LogP contribution is -2.34. The van der Waals surface area contributed by atoms with Gasteiger partial charge in [0.1, 0.15) is 5.75 Å². The van der Waals surface area contributed by atoms with Gasteiger partial charge in [-0.25, -0.2) is 0 Å². The van der Waals surface area contributed by atoms with Crippen LogP contribution in [0.4, 0.5) is 0 Å². The van der Waals surface area contributed by atoms with Crippen LogP contribution in [-0.2, 0) is 0 Å². The summed E-state index contributed by atoms with van der Waals surface area (Å²) in [5, 5.41) is 8.65. The number of aromatic nitrogens is 1. The first-order valence-corrected chi connectivity index (χ1v) is 5.94. The Hall–Kier alpha value is -2.09. The second-order valence-electron chi connectivity index (χ2n) is 4.21. The zero-order chi connectivity index (χ0) is 13.0. The molecule has 5 heteroatoms. The number of hydrogen-bond donors (Lipinski definition) is 0. The molecule has 1 amide bonds. The molecule has 1 fully saturated rings. The molecule has 0 bridgehead atoms. The molecule has 0 saturated heterocycles. The quantitative estimate of drug-likeness (QED) is 0.790. The van der Waals surface area contributed by atoms with E-state index < -0.39 is 0 Å². The van der Waals surface area contributed by atoms with Crippen molar-refractivity contribution in [1.29, 1.82) is 5.26 Å². The van der Waals surface area contributed by atoms with Gasteiger partial charge in [0.25, 0.3) is 5.91 Å². The van der Waals surface area contributed by atoms with Crippen LogP contribution < -0.4 is 4.74 Å². The van der Waals surface area contributed by atoms with E-state index in [-0.39, 0.29) is 11.9 Å². The first-order chi connectivity index (χ1) is 8.77. The van der Waals surface area contributed by atoms with Crippen molar-refractivity contribution in [2.24, 2.45) is 0 Å². The van der Waals surface area contributed by atoms with Crippen molar-refractivity contribution in [2.45, 2.75) is 25.3 Å². The molecular formula is C13H15N3O2. The summed E-state index contributed by atoms with van der Waals surface area (Å²) >= 11 is 0. The molecule has 0 radical (unpaired) electrons. The zero-order valence-electron chi connectivity index (χ0n) is 10.3. The summed E-state index contributed by atoms with van der Waals surface area (Å²) in [6.07, 6.45) is 5.50. The van der Waals surface area contributed by atoms with Crippen molar-refractivity contribution < 1.29 is 9.53 Å². The van der Waals surface area contributed by atoms with E-state index in [1.54, 1.807) is 17.2 Å². The van der Waals surface area contributed by atoms with Gasteiger partial charge in [0.15, 0.2) is 0 Å². The molecule has 0 N–H and O–H groups in total. The summed E-state index contributed by atoms with van der Waals surface area (Å²) in [6.45, 7) is 0.478. The van der Waals surface area contributed by atoms with Crippen LogP contribution in [0.1, 0.15) is 29.6 Å². The van der Waals surface area contributed by atoms with E-state index in [1.165, 1.54) is 13.3 Å². The minimum absolute atomic E-state index is 0.0769. The third kappa shape index (κ3) is 2.59. The number of carbonyl (C=O) groups is 1. The average molecular weight is 245 g/mol. The first-order valence-electron chi connectivity index (χ1n) is 5.94. The van der Waals surface area contributed by atoms with Crippen molar-refractivity contribution in [3.8, 4) is 11.8 Å². The van der Waals surface area contributed by atoms with Gasteiger partial charge in [-0.1, -0.05) is 0 Å². The maximum absolute atomic E-state index is 12.4. The number of rotatable bonds is 5. The van der Waals surface area contributed by atoms with Gasteiger partial charge in [-0.05, 0) is 18.9 Å². The lowest BCUT2D eigenvalue weighted by Gasteiger charge is -2.22. The largest absolute Gasteiger partial charge is 0.494 e. The Labute approximate surface area is 106 Å². The molecule has 1 aliphatic rings. The normalized spacial score (nSPS) is 13.8. The predicted molar refractivity (Wildman–Crippen MR) is 65.1 cm³/mol. The lowest BCUT2D eigenvalue weighted by atomic mass is 10.2. The van der Waals surface area contributed by atoms with E-state index in [2.05, 4.69) is 11.1 Å². The van der Waals surface area contributed by atoms with E-state index >= 15 is 0 Å². The highest BCUT2D eigenvalue weighted by Crippen LogP contribution is 2.30. The Morgan fingerprint density at radius 1 is 1.67 bits per heavy atom. The number of amides is 1. The standard InChI is InChI=1S/C13H15N3O2/c1-18-12-9-15-7-5-11(12)13(17)16(8-2-6-14)10-3-4-10/h5,7,9-10H,2-4,8H2,1H3. The Kier molecular flexibility index (Phi) is 3.78. The fourth-order valence-corrected chi connectivity index (χ4v) is 1.88. The summed E-state index contributed by atoms with van der Waals surface area (Å²) < 4.78 is 5.15. The van der Waals surface area contributed by atoms with Crippen molar-refractivity contribution >= 4 is 5.91 Å². The van der Waals surface area contributed by atoms with Gasteiger partial charge in [0, 0.05) is 18.8 Å². The van der Waals surface area contributed by atoms with Crippen LogP contribution in [0.5, 0.6) is 5.75 Å². The highest BCUT2D eigenvalue weighted by Gasteiger charge is 2.33. The number of nitriles is 1. The summed E-state index contributed by atoms with van der Waals surface area (Å²) in [5.41, 5.74) is 0.511. The van der Waals surface area contributed by atoms with E-state index in [9.17, 15) is 4.79 Å². The van der Waals surface area contributed by atoms with Crippen LogP contribution in [-0.4, -0.2) is 35.5 Å². The molecule has 1 saturated carbocycles.